The summed E-state index contributed by atoms with van der Waals surface area (Å²) in [5.74, 6) is 0. The first kappa shape index (κ1) is 15.1. The number of para-hydroxylation sites is 1. The molecule has 110 valence electrons. The summed E-state index contributed by atoms with van der Waals surface area (Å²) in [6.07, 6.45) is 0. The summed E-state index contributed by atoms with van der Waals surface area (Å²) in [6, 6.07) is 23.2. The number of rotatable bonds is 3. The van der Waals surface area contributed by atoms with E-state index in [9.17, 15) is 0 Å². The third kappa shape index (κ3) is 3.02. The van der Waals surface area contributed by atoms with Gasteiger partial charge in [0.2, 0.25) is 0 Å². The Kier molecular flexibility index (Phi) is 4.48. The first-order valence-electron chi connectivity index (χ1n) is 7.34. The van der Waals surface area contributed by atoms with E-state index in [1.54, 1.807) is 0 Å². The Morgan fingerprint density at radius 3 is 2.00 bits per heavy atom. The molecule has 0 saturated carbocycles. The van der Waals surface area contributed by atoms with E-state index in [1.165, 1.54) is 25.8 Å². The zero-order chi connectivity index (χ0) is 15.5. The predicted molar refractivity (Wildman–Crippen MR) is 104 cm³/mol. The molecule has 0 unspecified atom stereocenters. The summed E-state index contributed by atoms with van der Waals surface area (Å²) in [5.41, 5.74) is 7.45. The molecular formula is C20H18IN. The summed E-state index contributed by atoms with van der Waals surface area (Å²) in [4.78, 5) is 0. The fourth-order valence-electron chi connectivity index (χ4n) is 2.73. The van der Waals surface area contributed by atoms with Crippen LogP contribution in [0.5, 0.6) is 0 Å². The molecule has 0 heterocycles. The quantitative estimate of drug-likeness (QED) is 0.509. The van der Waals surface area contributed by atoms with Gasteiger partial charge in [-0.3, -0.25) is 0 Å². The fourth-order valence-corrected chi connectivity index (χ4v) is 3.63. The smallest absolute Gasteiger partial charge is 0.0467 e. The third-order valence-corrected chi connectivity index (χ3v) is 4.70. The van der Waals surface area contributed by atoms with Gasteiger partial charge >= 0.3 is 0 Å². The van der Waals surface area contributed by atoms with E-state index >= 15 is 0 Å². The minimum atomic E-state index is 1.11. The lowest BCUT2D eigenvalue weighted by Crippen LogP contribution is -1.98. The van der Waals surface area contributed by atoms with E-state index in [2.05, 4.69) is 102 Å². The van der Waals surface area contributed by atoms with Crippen LogP contribution in [0, 0.1) is 17.4 Å². The van der Waals surface area contributed by atoms with Gasteiger partial charge in [-0.15, -0.1) is 0 Å². The topological polar surface area (TPSA) is 12.0 Å². The van der Waals surface area contributed by atoms with Crippen LogP contribution in [0.25, 0.3) is 11.1 Å². The molecule has 0 atom stereocenters. The number of hydrogen-bond acceptors (Lipinski definition) is 1. The molecule has 1 N–H and O–H groups in total. The van der Waals surface area contributed by atoms with Crippen molar-refractivity contribution < 1.29 is 0 Å². The van der Waals surface area contributed by atoms with Crippen molar-refractivity contribution in [3.8, 4) is 11.1 Å². The average Bonchev–Trinajstić information content (AvgIpc) is 2.50. The van der Waals surface area contributed by atoms with Crippen LogP contribution in [0.15, 0.2) is 66.7 Å². The zero-order valence-electron chi connectivity index (χ0n) is 12.7. The van der Waals surface area contributed by atoms with Crippen LogP contribution in [0.2, 0.25) is 0 Å². The van der Waals surface area contributed by atoms with Gasteiger partial charge in [0.1, 0.15) is 0 Å². The van der Waals surface area contributed by atoms with Crippen LogP contribution in [0.1, 0.15) is 11.1 Å². The van der Waals surface area contributed by atoms with Crippen molar-refractivity contribution in [1.29, 1.82) is 0 Å². The molecule has 0 amide bonds. The first-order valence-corrected chi connectivity index (χ1v) is 8.42. The summed E-state index contributed by atoms with van der Waals surface area (Å²) in [6.45, 7) is 4.35. The molecule has 0 aliphatic carbocycles. The molecule has 0 saturated heterocycles. The molecule has 1 nitrogen and oxygen atoms in total. The molecule has 0 aromatic heterocycles. The maximum Gasteiger partial charge on any atom is 0.0467 e. The highest BCUT2D eigenvalue weighted by atomic mass is 127. The summed E-state index contributed by atoms with van der Waals surface area (Å²) < 4.78 is 1.28. The van der Waals surface area contributed by atoms with E-state index in [0.29, 0.717) is 0 Å². The van der Waals surface area contributed by atoms with Gasteiger partial charge in [-0.25, -0.2) is 0 Å². The second-order valence-corrected chi connectivity index (χ2v) is 6.58. The monoisotopic (exact) mass is 399 g/mol. The van der Waals surface area contributed by atoms with Crippen molar-refractivity contribution in [3.63, 3.8) is 0 Å². The lowest BCUT2D eigenvalue weighted by Gasteiger charge is -2.18. The van der Waals surface area contributed by atoms with Gasteiger partial charge in [-0.2, -0.15) is 0 Å². The summed E-state index contributed by atoms with van der Waals surface area (Å²) in [7, 11) is 0. The Morgan fingerprint density at radius 1 is 0.682 bits per heavy atom. The van der Waals surface area contributed by atoms with Crippen LogP contribution in [-0.4, -0.2) is 0 Å². The highest BCUT2D eigenvalue weighted by Gasteiger charge is 2.13. The summed E-state index contributed by atoms with van der Waals surface area (Å²) in [5, 5.41) is 3.56. The van der Waals surface area contributed by atoms with Gasteiger partial charge < -0.3 is 5.32 Å². The molecule has 0 aliphatic rings. The molecule has 22 heavy (non-hydrogen) atoms. The minimum absolute atomic E-state index is 1.11. The second kappa shape index (κ2) is 6.53. The molecule has 0 spiro atoms. The first-order chi connectivity index (χ1) is 10.7. The van der Waals surface area contributed by atoms with Crippen molar-refractivity contribution in [3.05, 3.63) is 81.4 Å². The SMILES string of the molecule is Cc1cccc(I)c1-c1c(C)cccc1Nc1ccccc1. The minimum Gasteiger partial charge on any atom is -0.355 e. The van der Waals surface area contributed by atoms with Crippen LogP contribution < -0.4 is 5.32 Å². The van der Waals surface area contributed by atoms with Crippen molar-refractivity contribution >= 4 is 34.0 Å². The van der Waals surface area contributed by atoms with Crippen LogP contribution in [0.3, 0.4) is 0 Å². The fraction of sp³-hybridized carbons (Fsp3) is 0.100. The predicted octanol–water partition coefficient (Wildman–Crippen LogP) is 6.32. The van der Waals surface area contributed by atoms with Crippen LogP contribution >= 0.6 is 22.6 Å². The maximum absolute atomic E-state index is 3.56. The molecule has 0 radical (unpaired) electrons. The molecular weight excluding hydrogens is 381 g/mol. The Bertz CT molecular complexity index is 774. The van der Waals surface area contributed by atoms with E-state index in [1.807, 2.05) is 6.07 Å². The average molecular weight is 399 g/mol. The Morgan fingerprint density at radius 2 is 1.32 bits per heavy atom. The van der Waals surface area contributed by atoms with E-state index < -0.39 is 0 Å². The lowest BCUT2D eigenvalue weighted by molar-refractivity contribution is 1.38. The number of anilines is 2. The van der Waals surface area contributed by atoms with Gasteiger partial charge in [0, 0.05) is 26.1 Å². The molecule has 0 fully saturated rings. The van der Waals surface area contributed by atoms with Crippen LogP contribution in [0.4, 0.5) is 11.4 Å². The normalized spacial score (nSPS) is 10.5. The standard InChI is InChI=1S/C20H18IN/c1-14-8-6-12-17(21)19(14)20-15(2)9-7-13-18(20)22-16-10-4-3-5-11-16/h3-13,22H,1-2H3. The number of benzene rings is 3. The number of aryl methyl sites for hydroxylation is 2. The molecule has 3 rings (SSSR count). The van der Waals surface area contributed by atoms with Gasteiger partial charge in [0.25, 0.3) is 0 Å². The third-order valence-electron chi connectivity index (χ3n) is 3.80. The molecule has 3 aromatic carbocycles. The van der Waals surface area contributed by atoms with Crippen LogP contribution in [-0.2, 0) is 0 Å². The highest BCUT2D eigenvalue weighted by molar-refractivity contribution is 14.1. The van der Waals surface area contributed by atoms with Gasteiger partial charge in [0.05, 0.1) is 0 Å². The second-order valence-electron chi connectivity index (χ2n) is 5.42. The Labute approximate surface area is 145 Å². The van der Waals surface area contributed by atoms with Crippen molar-refractivity contribution in [2.24, 2.45) is 0 Å². The van der Waals surface area contributed by atoms with Gasteiger partial charge in [-0.1, -0.05) is 42.5 Å². The summed E-state index contributed by atoms with van der Waals surface area (Å²) >= 11 is 2.43. The molecule has 0 bridgehead atoms. The van der Waals surface area contributed by atoms with E-state index in [4.69, 9.17) is 0 Å². The largest absolute Gasteiger partial charge is 0.355 e. The molecule has 2 heteroatoms. The van der Waals surface area contributed by atoms with Crippen molar-refractivity contribution in [2.45, 2.75) is 13.8 Å². The van der Waals surface area contributed by atoms with Crippen molar-refractivity contribution in [1.82, 2.24) is 0 Å². The van der Waals surface area contributed by atoms with Gasteiger partial charge in [0.15, 0.2) is 0 Å². The number of halogens is 1. The zero-order valence-corrected chi connectivity index (χ0v) is 14.9. The molecule has 3 aromatic rings. The number of hydrogen-bond donors (Lipinski definition) is 1. The number of nitrogens with one attached hydrogen (secondary N) is 1. The van der Waals surface area contributed by atoms with Gasteiger partial charge in [-0.05, 0) is 71.8 Å². The Balaban J connectivity index is 2.16. The Hall–Kier alpha value is -1.81. The van der Waals surface area contributed by atoms with E-state index in [0.717, 1.165) is 11.4 Å². The maximum atomic E-state index is 3.56. The lowest BCUT2D eigenvalue weighted by atomic mass is 9.95. The van der Waals surface area contributed by atoms with Crippen molar-refractivity contribution in [2.75, 3.05) is 5.32 Å². The highest BCUT2D eigenvalue weighted by Crippen LogP contribution is 2.37. The van der Waals surface area contributed by atoms with E-state index in [-0.39, 0.29) is 0 Å². The molecule has 0 aliphatic heterocycles.